The van der Waals surface area contributed by atoms with Crippen LogP contribution in [-0.4, -0.2) is 25.0 Å². The van der Waals surface area contributed by atoms with E-state index in [2.05, 4.69) is 12.2 Å². The first-order chi connectivity index (χ1) is 7.76. The van der Waals surface area contributed by atoms with Gasteiger partial charge in [0.15, 0.2) is 6.23 Å². The van der Waals surface area contributed by atoms with Gasteiger partial charge in [-0.1, -0.05) is 20.3 Å². The highest BCUT2D eigenvalue weighted by atomic mass is 16.7. The first-order valence-corrected chi connectivity index (χ1v) is 6.36. The number of carbonyl (C=O) groups excluding carboxylic acids is 1. The zero-order valence-electron chi connectivity index (χ0n) is 10.3. The minimum Gasteiger partial charge on any atom is -0.431 e. The van der Waals surface area contributed by atoms with Gasteiger partial charge in [0.1, 0.15) is 6.10 Å². The average Bonchev–Trinajstić information content (AvgIpc) is 2.29. The Morgan fingerprint density at radius 3 is 2.81 bits per heavy atom. The fourth-order valence-corrected chi connectivity index (χ4v) is 1.87. The number of nitrogens with one attached hydrogen (secondary N) is 1. The Bertz CT molecular complexity index is 194. The van der Waals surface area contributed by atoms with Crippen LogP contribution in [0.4, 0.5) is 4.79 Å². The second kappa shape index (κ2) is 7.49. The van der Waals surface area contributed by atoms with Crippen molar-refractivity contribution in [2.45, 2.75) is 64.7 Å². The quantitative estimate of drug-likeness (QED) is 0.736. The fourth-order valence-electron chi connectivity index (χ4n) is 1.87. The SMILES string of the molecule is CCCC(CC)OC(=O)OC1CCCCN1. The third-order valence-electron chi connectivity index (χ3n) is 2.83. The molecule has 2 unspecified atom stereocenters. The summed E-state index contributed by atoms with van der Waals surface area (Å²) in [5, 5.41) is 3.15. The summed E-state index contributed by atoms with van der Waals surface area (Å²) in [6.45, 7) is 5.02. The lowest BCUT2D eigenvalue weighted by Gasteiger charge is -2.24. The lowest BCUT2D eigenvalue weighted by atomic mass is 10.1. The van der Waals surface area contributed by atoms with Gasteiger partial charge in [0.05, 0.1) is 0 Å². The summed E-state index contributed by atoms with van der Waals surface area (Å²) in [7, 11) is 0. The molecule has 0 aromatic rings. The molecule has 1 N–H and O–H groups in total. The lowest BCUT2D eigenvalue weighted by Crippen LogP contribution is -2.38. The van der Waals surface area contributed by atoms with Crippen LogP contribution >= 0.6 is 0 Å². The van der Waals surface area contributed by atoms with Crippen LogP contribution in [-0.2, 0) is 9.47 Å². The van der Waals surface area contributed by atoms with E-state index in [1.54, 1.807) is 0 Å². The predicted octanol–water partition coefficient (Wildman–Crippen LogP) is 2.82. The fraction of sp³-hybridized carbons (Fsp3) is 0.917. The first kappa shape index (κ1) is 13.3. The molecule has 94 valence electrons. The summed E-state index contributed by atoms with van der Waals surface area (Å²) in [6.07, 6.45) is 5.25. The van der Waals surface area contributed by atoms with Gasteiger partial charge in [-0.3, -0.25) is 5.32 Å². The highest BCUT2D eigenvalue weighted by molar-refractivity contribution is 5.60. The van der Waals surface area contributed by atoms with Crippen molar-refractivity contribution in [3.63, 3.8) is 0 Å². The second-order valence-corrected chi connectivity index (χ2v) is 4.24. The Balaban J connectivity index is 2.22. The minimum atomic E-state index is -0.528. The maximum atomic E-state index is 11.5. The van der Waals surface area contributed by atoms with E-state index in [9.17, 15) is 4.79 Å². The summed E-state index contributed by atoms with van der Waals surface area (Å²) in [4.78, 5) is 11.5. The molecule has 0 spiro atoms. The zero-order chi connectivity index (χ0) is 11.8. The molecule has 1 fully saturated rings. The van der Waals surface area contributed by atoms with Crippen molar-refractivity contribution in [3.8, 4) is 0 Å². The summed E-state index contributed by atoms with van der Waals surface area (Å²) in [5.41, 5.74) is 0. The lowest BCUT2D eigenvalue weighted by molar-refractivity contribution is -0.0205. The van der Waals surface area contributed by atoms with Crippen molar-refractivity contribution in [2.75, 3.05) is 6.54 Å². The van der Waals surface area contributed by atoms with E-state index >= 15 is 0 Å². The van der Waals surface area contributed by atoms with Crippen LogP contribution in [0.2, 0.25) is 0 Å². The van der Waals surface area contributed by atoms with Gasteiger partial charge in [0.25, 0.3) is 0 Å². The molecule has 0 saturated carbocycles. The molecule has 1 rings (SSSR count). The summed E-state index contributed by atoms with van der Waals surface area (Å²) in [5.74, 6) is 0. The molecule has 1 aliphatic rings. The second-order valence-electron chi connectivity index (χ2n) is 4.24. The van der Waals surface area contributed by atoms with E-state index in [0.717, 1.165) is 45.1 Å². The molecule has 4 nitrogen and oxygen atoms in total. The zero-order valence-corrected chi connectivity index (χ0v) is 10.3. The van der Waals surface area contributed by atoms with E-state index in [1.165, 1.54) is 0 Å². The molecular formula is C12H23NO3. The van der Waals surface area contributed by atoms with Crippen LogP contribution in [0.3, 0.4) is 0 Å². The van der Waals surface area contributed by atoms with Gasteiger partial charge in [-0.2, -0.15) is 0 Å². The van der Waals surface area contributed by atoms with Crippen LogP contribution in [0.1, 0.15) is 52.4 Å². The van der Waals surface area contributed by atoms with Crippen molar-refractivity contribution in [1.82, 2.24) is 5.32 Å². The predicted molar refractivity (Wildman–Crippen MR) is 62.2 cm³/mol. The number of piperidine rings is 1. The molecule has 0 bridgehead atoms. The minimum absolute atomic E-state index is 0.00101. The molecule has 2 atom stereocenters. The van der Waals surface area contributed by atoms with Crippen LogP contribution < -0.4 is 5.32 Å². The molecule has 16 heavy (non-hydrogen) atoms. The molecule has 4 heteroatoms. The largest absolute Gasteiger partial charge is 0.510 e. The summed E-state index contributed by atoms with van der Waals surface area (Å²) >= 11 is 0. The van der Waals surface area contributed by atoms with Crippen molar-refractivity contribution < 1.29 is 14.3 Å². The highest BCUT2D eigenvalue weighted by Crippen LogP contribution is 2.12. The number of ether oxygens (including phenoxy) is 2. The van der Waals surface area contributed by atoms with Crippen molar-refractivity contribution >= 4 is 6.16 Å². The van der Waals surface area contributed by atoms with Gasteiger partial charge < -0.3 is 9.47 Å². The summed E-state index contributed by atoms with van der Waals surface area (Å²) in [6, 6.07) is 0. The van der Waals surface area contributed by atoms with Gasteiger partial charge in [-0.25, -0.2) is 4.79 Å². The Morgan fingerprint density at radius 2 is 2.25 bits per heavy atom. The Labute approximate surface area is 97.7 Å². The molecule has 1 saturated heterocycles. The van der Waals surface area contributed by atoms with Crippen molar-refractivity contribution in [3.05, 3.63) is 0 Å². The van der Waals surface area contributed by atoms with Gasteiger partial charge >= 0.3 is 6.16 Å². The molecule has 0 amide bonds. The average molecular weight is 229 g/mol. The summed E-state index contributed by atoms with van der Waals surface area (Å²) < 4.78 is 10.4. The third kappa shape index (κ3) is 4.84. The van der Waals surface area contributed by atoms with Crippen molar-refractivity contribution in [1.29, 1.82) is 0 Å². The van der Waals surface area contributed by atoms with Gasteiger partial charge in [-0.15, -0.1) is 0 Å². The smallest absolute Gasteiger partial charge is 0.431 e. The molecule has 0 radical (unpaired) electrons. The normalized spacial score (nSPS) is 22.5. The van der Waals surface area contributed by atoms with Gasteiger partial charge in [0.2, 0.25) is 0 Å². The third-order valence-corrected chi connectivity index (χ3v) is 2.83. The van der Waals surface area contributed by atoms with Crippen LogP contribution in [0.25, 0.3) is 0 Å². The van der Waals surface area contributed by atoms with Gasteiger partial charge in [0, 0.05) is 0 Å². The van der Waals surface area contributed by atoms with Crippen LogP contribution in [0.15, 0.2) is 0 Å². The molecular weight excluding hydrogens is 206 g/mol. The van der Waals surface area contributed by atoms with Crippen LogP contribution in [0.5, 0.6) is 0 Å². The molecule has 0 aromatic carbocycles. The number of rotatable bonds is 5. The number of hydrogen-bond acceptors (Lipinski definition) is 4. The maximum absolute atomic E-state index is 11.5. The number of hydrogen-bond donors (Lipinski definition) is 1. The maximum Gasteiger partial charge on any atom is 0.510 e. The van der Waals surface area contributed by atoms with E-state index in [-0.39, 0.29) is 12.3 Å². The topological polar surface area (TPSA) is 47.6 Å². The van der Waals surface area contributed by atoms with E-state index in [4.69, 9.17) is 9.47 Å². The van der Waals surface area contributed by atoms with E-state index in [0.29, 0.717) is 0 Å². The molecule has 1 aliphatic heterocycles. The van der Waals surface area contributed by atoms with Gasteiger partial charge in [-0.05, 0) is 38.6 Å². The van der Waals surface area contributed by atoms with Crippen LogP contribution in [0, 0.1) is 0 Å². The Hall–Kier alpha value is -0.770. The first-order valence-electron chi connectivity index (χ1n) is 6.36. The Kier molecular flexibility index (Phi) is 6.23. The highest BCUT2D eigenvalue weighted by Gasteiger charge is 2.19. The standard InChI is InChI=1S/C12H23NO3/c1-3-7-10(4-2)15-12(14)16-11-8-5-6-9-13-11/h10-11,13H,3-9H2,1-2H3. The van der Waals surface area contributed by atoms with Crippen molar-refractivity contribution in [2.24, 2.45) is 0 Å². The Morgan fingerprint density at radius 1 is 1.44 bits per heavy atom. The molecule has 1 heterocycles. The number of carbonyl (C=O) groups is 1. The molecule has 0 aromatic heterocycles. The molecule has 0 aliphatic carbocycles. The monoisotopic (exact) mass is 229 g/mol. The van der Waals surface area contributed by atoms with E-state index < -0.39 is 6.16 Å². The van der Waals surface area contributed by atoms with E-state index in [1.807, 2.05) is 6.92 Å².